The molecule has 0 unspecified atom stereocenters. The fourth-order valence-electron chi connectivity index (χ4n) is 1.37. The molecule has 0 rings (SSSR count). The molecule has 3 nitrogen and oxygen atoms in total. The van der Waals surface area contributed by atoms with Crippen LogP contribution in [0.5, 0.6) is 0 Å². The molecule has 0 heterocycles. The number of rotatable bonds is 12. The molecule has 0 radical (unpaired) electrons. The van der Waals surface area contributed by atoms with Crippen molar-refractivity contribution in [1.29, 1.82) is 0 Å². The fourth-order valence-corrected chi connectivity index (χ4v) is 2.00. The molecule has 0 aliphatic heterocycles. The van der Waals surface area contributed by atoms with E-state index in [0.29, 0.717) is 13.2 Å². The van der Waals surface area contributed by atoms with E-state index in [1.165, 1.54) is 25.7 Å². The first-order valence-electron chi connectivity index (χ1n) is 6.54. The molecule has 0 aromatic rings. The van der Waals surface area contributed by atoms with E-state index in [4.69, 9.17) is 9.05 Å². The third-order valence-corrected chi connectivity index (χ3v) is 3.18. The molecule has 0 aromatic heterocycles. The van der Waals surface area contributed by atoms with Crippen molar-refractivity contribution in [2.75, 3.05) is 13.2 Å². The van der Waals surface area contributed by atoms with E-state index in [9.17, 15) is 4.89 Å². The summed E-state index contributed by atoms with van der Waals surface area (Å²) < 4.78 is 10.2. The van der Waals surface area contributed by atoms with Crippen LogP contribution in [0.1, 0.15) is 65.2 Å². The Kier molecular flexibility index (Phi) is 23.4. The van der Waals surface area contributed by atoms with Gasteiger partial charge in [0.1, 0.15) is 0 Å². The van der Waals surface area contributed by atoms with Crippen LogP contribution in [0.4, 0.5) is 0 Å². The van der Waals surface area contributed by atoms with Crippen LogP contribution in [-0.2, 0) is 9.05 Å². The third-order valence-electron chi connectivity index (χ3n) is 2.39. The molecule has 17 heavy (non-hydrogen) atoms. The van der Waals surface area contributed by atoms with E-state index in [1.54, 1.807) is 0 Å². The second-order valence-electron chi connectivity index (χ2n) is 4.01. The smallest absolute Gasteiger partial charge is 0.786 e. The summed E-state index contributed by atoms with van der Waals surface area (Å²) in [6.07, 6.45) is 9.12. The van der Waals surface area contributed by atoms with E-state index in [-0.39, 0.29) is 68.9 Å². The number of hydrogen-bond donors (Lipinski definition) is 0. The van der Waals surface area contributed by atoms with Crippen LogP contribution in [-0.4, -0.2) is 13.2 Å². The van der Waals surface area contributed by atoms with Crippen molar-refractivity contribution >= 4 is 8.60 Å². The zero-order valence-electron chi connectivity index (χ0n) is 11.7. The van der Waals surface area contributed by atoms with Crippen LogP contribution in [0.3, 0.4) is 0 Å². The first-order valence-corrected chi connectivity index (χ1v) is 7.63. The van der Waals surface area contributed by atoms with Crippen LogP contribution in [0.25, 0.3) is 0 Å². The molecule has 0 N–H and O–H groups in total. The van der Waals surface area contributed by atoms with Crippen molar-refractivity contribution in [1.82, 2.24) is 0 Å². The summed E-state index contributed by atoms with van der Waals surface area (Å²) >= 11 is 0. The average Bonchev–Trinajstić information content (AvgIpc) is 2.28. The first-order chi connectivity index (χ1) is 7.81. The van der Waals surface area contributed by atoms with Crippen LogP contribution in [0, 0.1) is 0 Å². The summed E-state index contributed by atoms with van der Waals surface area (Å²) in [5.41, 5.74) is 0. The summed E-state index contributed by atoms with van der Waals surface area (Å²) in [7, 11) is -1.87. The van der Waals surface area contributed by atoms with Gasteiger partial charge in [-0.3, -0.25) is 0 Å². The minimum Gasteiger partial charge on any atom is -0.786 e. The maximum atomic E-state index is 11.2. The quantitative estimate of drug-likeness (QED) is 0.370. The normalized spacial score (nSPS) is 10.6. The van der Waals surface area contributed by atoms with E-state index in [1.807, 2.05) is 0 Å². The van der Waals surface area contributed by atoms with Crippen molar-refractivity contribution in [3.05, 3.63) is 0 Å². The van der Waals surface area contributed by atoms with Gasteiger partial charge in [0.2, 0.25) is 0 Å². The first kappa shape index (κ1) is 21.7. The predicted molar refractivity (Wildman–Crippen MR) is 67.1 cm³/mol. The SMILES string of the molecule is CCCCCCOP([O-])OCCCCCC.[Cs+]. The molecule has 5 heteroatoms. The Balaban J connectivity index is 0. The Morgan fingerprint density at radius 3 is 1.53 bits per heavy atom. The van der Waals surface area contributed by atoms with Gasteiger partial charge in [-0.25, -0.2) is 0 Å². The van der Waals surface area contributed by atoms with Gasteiger partial charge in [-0.2, -0.15) is 0 Å². The molecule has 98 valence electrons. The molecule has 0 spiro atoms. The van der Waals surface area contributed by atoms with Crippen LogP contribution >= 0.6 is 8.60 Å². The summed E-state index contributed by atoms with van der Waals surface area (Å²) in [4.78, 5) is 11.2. The van der Waals surface area contributed by atoms with E-state index < -0.39 is 8.60 Å². The Morgan fingerprint density at radius 1 is 0.765 bits per heavy atom. The molecule has 0 saturated carbocycles. The molecule has 0 aromatic carbocycles. The van der Waals surface area contributed by atoms with E-state index >= 15 is 0 Å². The average molecular weight is 382 g/mol. The zero-order chi connectivity index (χ0) is 12.1. The Labute approximate surface area is 167 Å². The van der Waals surface area contributed by atoms with Crippen molar-refractivity contribution in [2.24, 2.45) is 0 Å². The van der Waals surface area contributed by atoms with Gasteiger partial charge in [0, 0.05) is 0 Å². The second-order valence-corrected chi connectivity index (χ2v) is 4.97. The summed E-state index contributed by atoms with van der Waals surface area (Å²) in [6.45, 7) is 5.45. The van der Waals surface area contributed by atoms with Gasteiger partial charge in [-0.15, -0.1) is 0 Å². The van der Waals surface area contributed by atoms with Gasteiger partial charge >= 0.3 is 68.9 Å². The minimum atomic E-state index is -1.87. The van der Waals surface area contributed by atoms with E-state index in [2.05, 4.69) is 13.8 Å². The standard InChI is InChI=1S/C12H26O3P.Cs/c1-3-5-7-9-11-14-16(13)15-12-10-8-6-4-2;/h3-12H2,1-2H3;/q-1;+1. The van der Waals surface area contributed by atoms with Gasteiger partial charge < -0.3 is 13.9 Å². The molecule has 0 bridgehead atoms. The van der Waals surface area contributed by atoms with Gasteiger partial charge in [-0.05, 0) is 12.8 Å². The van der Waals surface area contributed by atoms with Crippen molar-refractivity contribution in [3.63, 3.8) is 0 Å². The molecule has 0 saturated heterocycles. The molecular weight excluding hydrogens is 356 g/mol. The summed E-state index contributed by atoms with van der Waals surface area (Å²) in [5, 5.41) is 0. The van der Waals surface area contributed by atoms with Crippen LogP contribution in [0.15, 0.2) is 0 Å². The number of hydrogen-bond acceptors (Lipinski definition) is 3. The van der Waals surface area contributed by atoms with Crippen molar-refractivity contribution in [3.8, 4) is 0 Å². The maximum Gasteiger partial charge on any atom is 1.00 e. The summed E-state index contributed by atoms with van der Waals surface area (Å²) in [6, 6.07) is 0. The summed E-state index contributed by atoms with van der Waals surface area (Å²) in [5.74, 6) is 0. The van der Waals surface area contributed by atoms with E-state index in [0.717, 1.165) is 25.7 Å². The largest absolute Gasteiger partial charge is 1.00 e. The fraction of sp³-hybridized carbons (Fsp3) is 1.00. The molecule has 0 aliphatic carbocycles. The second kappa shape index (κ2) is 18.4. The Bertz CT molecular complexity index is 125. The van der Waals surface area contributed by atoms with Crippen LogP contribution < -0.4 is 73.8 Å². The maximum absolute atomic E-state index is 11.2. The minimum absolute atomic E-state index is 0. The topological polar surface area (TPSA) is 41.5 Å². The molecule has 0 fully saturated rings. The molecular formula is C12H26CsO3P. The number of unbranched alkanes of at least 4 members (excludes halogenated alkanes) is 6. The van der Waals surface area contributed by atoms with Gasteiger partial charge in [-0.1, -0.05) is 52.4 Å². The van der Waals surface area contributed by atoms with Crippen molar-refractivity contribution < 1.29 is 82.8 Å². The van der Waals surface area contributed by atoms with Gasteiger partial charge in [0.05, 0.1) is 21.8 Å². The Hall–Kier alpha value is 2.36. The molecule has 0 amide bonds. The van der Waals surface area contributed by atoms with Gasteiger partial charge in [0.15, 0.2) is 0 Å². The third kappa shape index (κ3) is 18.4. The molecule has 0 aliphatic rings. The molecule has 0 atom stereocenters. The Morgan fingerprint density at radius 2 is 1.18 bits per heavy atom. The zero-order valence-corrected chi connectivity index (χ0v) is 18.9. The van der Waals surface area contributed by atoms with Crippen LogP contribution in [0.2, 0.25) is 0 Å². The monoisotopic (exact) mass is 382 g/mol. The predicted octanol–water partition coefficient (Wildman–Crippen LogP) is 0.771. The van der Waals surface area contributed by atoms with Crippen molar-refractivity contribution in [2.45, 2.75) is 65.2 Å². The van der Waals surface area contributed by atoms with Gasteiger partial charge in [0.25, 0.3) is 0 Å².